The summed E-state index contributed by atoms with van der Waals surface area (Å²) >= 11 is 0. The van der Waals surface area contributed by atoms with Gasteiger partial charge in [-0.25, -0.2) is 0 Å². The van der Waals surface area contributed by atoms with Crippen molar-refractivity contribution in [3.8, 4) is 0 Å². The number of carboxylic acid groups (broad SMARTS) is 1. The fraction of sp³-hybridized carbons (Fsp3) is 0.320. The Morgan fingerprint density at radius 3 is 2.74 bits per heavy atom. The van der Waals surface area contributed by atoms with Crippen molar-refractivity contribution in [2.45, 2.75) is 31.7 Å². The number of anilines is 1. The van der Waals surface area contributed by atoms with Crippen LogP contribution in [-0.2, 0) is 24.1 Å². The van der Waals surface area contributed by atoms with Gasteiger partial charge >= 0.3 is 5.97 Å². The van der Waals surface area contributed by atoms with E-state index in [1.165, 1.54) is 5.56 Å². The lowest BCUT2D eigenvalue weighted by molar-refractivity contribution is -0.136. The van der Waals surface area contributed by atoms with E-state index < -0.39 is 5.97 Å². The zero-order chi connectivity index (χ0) is 21.5. The number of aryl methyl sites for hydroxylation is 1. The molecule has 1 aliphatic rings. The molecular formula is C25H28N4O2. The highest BCUT2D eigenvalue weighted by Crippen LogP contribution is 2.31. The van der Waals surface area contributed by atoms with E-state index in [0.717, 1.165) is 48.6 Å². The lowest BCUT2D eigenvalue weighted by atomic mass is 9.86. The van der Waals surface area contributed by atoms with Crippen molar-refractivity contribution < 1.29 is 9.90 Å². The lowest BCUT2D eigenvalue weighted by Gasteiger charge is -2.33. The van der Waals surface area contributed by atoms with Crippen molar-refractivity contribution in [2.24, 2.45) is 5.92 Å². The van der Waals surface area contributed by atoms with Gasteiger partial charge < -0.3 is 15.7 Å². The molecule has 2 aromatic heterocycles. The molecule has 6 nitrogen and oxygen atoms in total. The molecule has 160 valence electrons. The van der Waals surface area contributed by atoms with Gasteiger partial charge in [-0.1, -0.05) is 36.4 Å². The van der Waals surface area contributed by atoms with Crippen LogP contribution in [0, 0.1) is 5.92 Å². The van der Waals surface area contributed by atoms with E-state index in [1.807, 2.05) is 30.5 Å². The minimum absolute atomic E-state index is 0.134. The van der Waals surface area contributed by atoms with Crippen molar-refractivity contribution in [2.75, 3.05) is 18.4 Å². The number of nitrogens with zero attached hydrogens (tertiary/aromatic N) is 2. The number of fused-ring (bicyclic) bond motifs is 1. The molecule has 0 amide bonds. The first-order valence-electron chi connectivity index (χ1n) is 10.8. The fourth-order valence-corrected chi connectivity index (χ4v) is 4.13. The summed E-state index contributed by atoms with van der Waals surface area (Å²) in [6.07, 6.45) is 6.06. The first-order valence-corrected chi connectivity index (χ1v) is 10.8. The molecule has 0 aliphatic carbocycles. The van der Waals surface area contributed by atoms with Crippen molar-refractivity contribution in [1.29, 1.82) is 0 Å². The van der Waals surface area contributed by atoms with E-state index in [1.54, 1.807) is 6.20 Å². The fourth-order valence-electron chi connectivity index (χ4n) is 4.13. The van der Waals surface area contributed by atoms with Crippen molar-refractivity contribution in [1.82, 2.24) is 15.3 Å². The number of aliphatic carboxylic acids is 1. The number of carboxylic acids is 1. The standard InChI is InChI=1S/C25H28N4O2/c30-24(31)11-9-18-8-10-21(28-16-18)12-14-27-25(19-5-2-1-3-6-19)20-15-23-22(29-17-20)7-4-13-26-23/h1-8,10,13,16,20,25,27,29H,9,11-12,14-15,17H2,(H,30,31)/t20-,25-/m1/s1. The van der Waals surface area contributed by atoms with Gasteiger partial charge in [0.2, 0.25) is 0 Å². The van der Waals surface area contributed by atoms with Crippen molar-refractivity contribution in [3.63, 3.8) is 0 Å². The van der Waals surface area contributed by atoms with Gasteiger partial charge in [0.25, 0.3) is 0 Å². The van der Waals surface area contributed by atoms with E-state index in [0.29, 0.717) is 12.3 Å². The lowest BCUT2D eigenvalue weighted by Crippen LogP contribution is -2.37. The Kier molecular flexibility index (Phi) is 6.89. The first-order chi connectivity index (χ1) is 15.2. The van der Waals surface area contributed by atoms with Crippen LogP contribution in [0.5, 0.6) is 0 Å². The van der Waals surface area contributed by atoms with Gasteiger partial charge in [0, 0.05) is 56.0 Å². The van der Waals surface area contributed by atoms with Gasteiger partial charge in [-0.15, -0.1) is 0 Å². The van der Waals surface area contributed by atoms with E-state index in [2.05, 4.69) is 50.9 Å². The van der Waals surface area contributed by atoms with E-state index in [4.69, 9.17) is 5.11 Å². The van der Waals surface area contributed by atoms with Crippen LogP contribution < -0.4 is 10.6 Å². The Hall–Kier alpha value is -3.25. The molecule has 0 unspecified atom stereocenters. The third-order valence-corrected chi connectivity index (χ3v) is 5.79. The SMILES string of the molecule is O=C(O)CCc1ccc(CCN[C@H](c2ccccc2)[C@H]2CNc3cccnc3C2)nc1. The summed E-state index contributed by atoms with van der Waals surface area (Å²) in [4.78, 5) is 19.8. The molecule has 0 saturated heterocycles. The van der Waals surface area contributed by atoms with Gasteiger partial charge in [0.15, 0.2) is 0 Å². The molecule has 1 aliphatic heterocycles. The zero-order valence-electron chi connectivity index (χ0n) is 17.5. The molecule has 3 aromatic rings. The third kappa shape index (κ3) is 5.67. The average Bonchev–Trinajstić information content (AvgIpc) is 2.81. The van der Waals surface area contributed by atoms with Crippen LogP contribution in [0.4, 0.5) is 5.69 Å². The van der Waals surface area contributed by atoms with Gasteiger partial charge in [-0.05, 0) is 42.2 Å². The molecule has 31 heavy (non-hydrogen) atoms. The summed E-state index contributed by atoms with van der Waals surface area (Å²) in [6, 6.07) is 18.8. The molecule has 2 atom stereocenters. The number of aromatic nitrogens is 2. The smallest absolute Gasteiger partial charge is 0.303 e. The number of carbonyl (C=O) groups is 1. The zero-order valence-corrected chi connectivity index (χ0v) is 17.5. The monoisotopic (exact) mass is 416 g/mol. The van der Waals surface area contributed by atoms with Crippen LogP contribution in [0.25, 0.3) is 0 Å². The second kappa shape index (κ2) is 10.2. The summed E-state index contributed by atoms with van der Waals surface area (Å²) in [5, 5.41) is 16.1. The van der Waals surface area contributed by atoms with Crippen LogP contribution >= 0.6 is 0 Å². The third-order valence-electron chi connectivity index (χ3n) is 5.79. The van der Waals surface area contributed by atoms with Gasteiger partial charge in [-0.2, -0.15) is 0 Å². The molecule has 3 heterocycles. The van der Waals surface area contributed by atoms with Crippen LogP contribution in [-0.4, -0.2) is 34.1 Å². The Balaban J connectivity index is 1.39. The maximum absolute atomic E-state index is 10.7. The van der Waals surface area contributed by atoms with Gasteiger partial charge in [-0.3, -0.25) is 14.8 Å². The number of benzene rings is 1. The molecule has 4 rings (SSSR count). The van der Waals surface area contributed by atoms with E-state index in [-0.39, 0.29) is 12.5 Å². The Morgan fingerprint density at radius 1 is 1.10 bits per heavy atom. The predicted molar refractivity (Wildman–Crippen MR) is 121 cm³/mol. The largest absolute Gasteiger partial charge is 0.481 e. The topological polar surface area (TPSA) is 87.1 Å². The predicted octanol–water partition coefficient (Wildman–Crippen LogP) is 3.65. The van der Waals surface area contributed by atoms with E-state index in [9.17, 15) is 4.79 Å². The Bertz CT molecular complexity index is 992. The van der Waals surface area contributed by atoms with Crippen molar-refractivity contribution in [3.05, 3.63) is 89.5 Å². The minimum atomic E-state index is -0.782. The second-order valence-electron chi connectivity index (χ2n) is 7.99. The molecule has 0 spiro atoms. The molecule has 3 N–H and O–H groups in total. The summed E-state index contributed by atoms with van der Waals surface area (Å²) in [7, 11) is 0. The highest BCUT2D eigenvalue weighted by Gasteiger charge is 2.27. The maximum Gasteiger partial charge on any atom is 0.303 e. The average molecular weight is 417 g/mol. The number of rotatable bonds is 9. The highest BCUT2D eigenvalue weighted by atomic mass is 16.4. The number of hydrogen-bond donors (Lipinski definition) is 3. The normalized spacial score (nSPS) is 16.2. The van der Waals surface area contributed by atoms with Crippen LogP contribution in [0.3, 0.4) is 0 Å². The number of pyridine rings is 2. The molecule has 0 bridgehead atoms. The molecular weight excluding hydrogens is 388 g/mol. The van der Waals surface area contributed by atoms with Gasteiger partial charge in [0.1, 0.15) is 0 Å². The summed E-state index contributed by atoms with van der Waals surface area (Å²) in [6.45, 7) is 1.72. The van der Waals surface area contributed by atoms with Crippen LogP contribution in [0.15, 0.2) is 67.0 Å². The van der Waals surface area contributed by atoms with Crippen LogP contribution in [0.2, 0.25) is 0 Å². The number of nitrogens with one attached hydrogen (secondary N) is 2. The molecule has 0 radical (unpaired) electrons. The minimum Gasteiger partial charge on any atom is -0.481 e. The Morgan fingerprint density at radius 2 is 1.97 bits per heavy atom. The Labute approximate surface area is 182 Å². The summed E-state index contributed by atoms with van der Waals surface area (Å²) in [5.74, 6) is -0.383. The molecule has 0 fully saturated rings. The summed E-state index contributed by atoms with van der Waals surface area (Å²) < 4.78 is 0. The summed E-state index contributed by atoms with van der Waals surface area (Å²) in [5.41, 5.74) is 5.51. The molecule has 0 saturated carbocycles. The maximum atomic E-state index is 10.7. The van der Waals surface area contributed by atoms with Gasteiger partial charge in [0.05, 0.1) is 11.4 Å². The molecule has 1 aromatic carbocycles. The quantitative estimate of drug-likeness (QED) is 0.494. The van der Waals surface area contributed by atoms with Crippen LogP contribution in [0.1, 0.15) is 35.0 Å². The number of hydrogen-bond acceptors (Lipinski definition) is 5. The highest BCUT2D eigenvalue weighted by molar-refractivity contribution is 5.67. The van der Waals surface area contributed by atoms with Crippen molar-refractivity contribution >= 4 is 11.7 Å². The first kappa shape index (κ1) is 21.0. The second-order valence-corrected chi connectivity index (χ2v) is 7.99. The van der Waals surface area contributed by atoms with E-state index >= 15 is 0 Å². The molecule has 6 heteroatoms.